The van der Waals surface area contributed by atoms with Gasteiger partial charge in [0.2, 0.25) is 5.91 Å². The van der Waals surface area contributed by atoms with Crippen molar-refractivity contribution < 1.29 is 9.59 Å². The maximum atomic E-state index is 11.2. The highest BCUT2D eigenvalue weighted by Crippen LogP contribution is 1.99. The second-order valence-electron chi connectivity index (χ2n) is 3.62. The molecule has 0 fully saturated rings. The Hall–Kier alpha value is -0.770. The molecular weight excluding hydrogens is 216 g/mol. The molecule has 2 N–H and O–H groups in total. The van der Waals surface area contributed by atoms with Crippen molar-refractivity contribution in [3.8, 4) is 0 Å². The molecule has 0 rings (SSSR count). The first-order valence-corrected chi connectivity index (χ1v) is 5.66. The average molecular weight is 235 g/mol. The molecule has 4 nitrogen and oxygen atoms in total. The van der Waals surface area contributed by atoms with Crippen molar-refractivity contribution in [2.24, 2.45) is 0 Å². The number of alkyl halides is 1. The Bertz CT molecular complexity index is 219. The second kappa shape index (κ2) is 7.51. The fourth-order valence-electron chi connectivity index (χ4n) is 1.05. The summed E-state index contributed by atoms with van der Waals surface area (Å²) in [6.07, 6.45) is 3.06. The largest absolute Gasteiger partial charge is 0.335 e. The van der Waals surface area contributed by atoms with Crippen LogP contribution in [0, 0.1) is 0 Å². The van der Waals surface area contributed by atoms with Crippen LogP contribution in [0.25, 0.3) is 0 Å². The van der Waals surface area contributed by atoms with Gasteiger partial charge in [0.15, 0.2) is 0 Å². The zero-order valence-corrected chi connectivity index (χ0v) is 10.2. The van der Waals surface area contributed by atoms with E-state index in [1.165, 1.54) is 6.92 Å². The number of amides is 3. The summed E-state index contributed by atoms with van der Waals surface area (Å²) >= 11 is 5.50. The number of urea groups is 1. The number of nitrogens with one attached hydrogen (secondary N) is 2. The highest BCUT2D eigenvalue weighted by Gasteiger charge is 2.13. The fraction of sp³-hybridized carbons (Fsp3) is 0.800. The zero-order chi connectivity index (χ0) is 11.8. The van der Waals surface area contributed by atoms with Crippen molar-refractivity contribution in [2.45, 2.75) is 51.5 Å². The third-order valence-electron chi connectivity index (χ3n) is 1.97. The first-order valence-electron chi connectivity index (χ1n) is 5.22. The minimum Gasteiger partial charge on any atom is -0.335 e. The number of imide groups is 1. The van der Waals surface area contributed by atoms with E-state index in [4.69, 9.17) is 11.6 Å². The highest BCUT2D eigenvalue weighted by molar-refractivity contribution is 6.31. The normalized spacial score (nSPS) is 14.1. The summed E-state index contributed by atoms with van der Waals surface area (Å²) in [5.41, 5.74) is 0. The Morgan fingerprint density at radius 1 is 1.33 bits per heavy atom. The number of rotatable bonds is 5. The van der Waals surface area contributed by atoms with Gasteiger partial charge in [0.1, 0.15) is 5.38 Å². The quantitative estimate of drug-likeness (QED) is 0.715. The lowest BCUT2D eigenvalue weighted by Gasteiger charge is -2.13. The standard InChI is InChI=1S/C10H19ClN2O2/c1-4-5-6-7(2)12-10(15)13-9(14)8(3)11/h7-8H,4-6H2,1-3H3,(H2,12,13,14,15). The van der Waals surface area contributed by atoms with Gasteiger partial charge in [0.05, 0.1) is 0 Å². The van der Waals surface area contributed by atoms with Crippen molar-refractivity contribution in [3.63, 3.8) is 0 Å². The number of hydrogen-bond acceptors (Lipinski definition) is 2. The van der Waals surface area contributed by atoms with E-state index in [9.17, 15) is 9.59 Å². The maximum absolute atomic E-state index is 11.2. The smallest absolute Gasteiger partial charge is 0.321 e. The van der Waals surface area contributed by atoms with Crippen molar-refractivity contribution in [1.82, 2.24) is 10.6 Å². The molecule has 0 aromatic rings. The third-order valence-corrected chi connectivity index (χ3v) is 2.16. The Balaban J connectivity index is 3.78. The lowest BCUT2D eigenvalue weighted by molar-refractivity contribution is -0.119. The zero-order valence-electron chi connectivity index (χ0n) is 9.47. The van der Waals surface area contributed by atoms with Crippen LogP contribution in [-0.2, 0) is 4.79 Å². The number of carbonyl (C=O) groups is 2. The van der Waals surface area contributed by atoms with Crippen LogP contribution in [0.5, 0.6) is 0 Å². The minimum absolute atomic E-state index is 0.0726. The summed E-state index contributed by atoms with van der Waals surface area (Å²) in [6.45, 7) is 5.51. The van der Waals surface area contributed by atoms with Gasteiger partial charge in [-0.05, 0) is 20.3 Å². The van der Waals surface area contributed by atoms with Gasteiger partial charge in [-0.1, -0.05) is 19.8 Å². The van der Waals surface area contributed by atoms with Crippen LogP contribution in [0.3, 0.4) is 0 Å². The Labute approximate surface area is 95.7 Å². The summed E-state index contributed by atoms with van der Waals surface area (Å²) in [7, 11) is 0. The number of carbonyl (C=O) groups excluding carboxylic acids is 2. The van der Waals surface area contributed by atoms with Gasteiger partial charge >= 0.3 is 6.03 Å². The van der Waals surface area contributed by atoms with Crippen LogP contribution in [0.4, 0.5) is 4.79 Å². The molecule has 0 aromatic carbocycles. The van der Waals surface area contributed by atoms with Crippen molar-refractivity contribution in [2.75, 3.05) is 0 Å². The Kier molecular flexibility index (Phi) is 7.13. The monoisotopic (exact) mass is 234 g/mol. The molecule has 2 atom stereocenters. The summed E-state index contributed by atoms with van der Waals surface area (Å²) < 4.78 is 0. The molecule has 0 saturated carbocycles. The first kappa shape index (κ1) is 14.2. The van der Waals surface area contributed by atoms with Crippen LogP contribution in [-0.4, -0.2) is 23.4 Å². The number of hydrogen-bond donors (Lipinski definition) is 2. The maximum Gasteiger partial charge on any atom is 0.321 e. The Morgan fingerprint density at radius 3 is 2.40 bits per heavy atom. The van der Waals surface area contributed by atoms with Gasteiger partial charge in [-0.2, -0.15) is 0 Å². The van der Waals surface area contributed by atoms with Crippen LogP contribution in [0.2, 0.25) is 0 Å². The molecule has 0 aliphatic rings. The topological polar surface area (TPSA) is 58.2 Å². The molecule has 2 unspecified atom stereocenters. The van der Waals surface area contributed by atoms with Crippen molar-refractivity contribution in [1.29, 1.82) is 0 Å². The molecule has 5 heteroatoms. The van der Waals surface area contributed by atoms with Crippen LogP contribution in [0.15, 0.2) is 0 Å². The summed E-state index contributed by atoms with van der Waals surface area (Å²) in [5, 5.41) is 4.14. The molecule has 0 spiro atoms. The predicted molar refractivity (Wildman–Crippen MR) is 61.0 cm³/mol. The third kappa shape index (κ3) is 7.19. The van der Waals surface area contributed by atoms with E-state index in [0.717, 1.165) is 19.3 Å². The molecule has 0 saturated heterocycles. The molecule has 0 radical (unpaired) electrons. The number of halogens is 1. The van der Waals surface area contributed by atoms with E-state index in [0.29, 0.717) is 0 Å². The van der Waals surface area contributed by atoms with Gasteiger partial charge in [-0.25, -0.2) is 4.79 Å². The van der Waals surface area contributed by atoms with Crippen LogP contribution < -0.4 is 10.6 Å². The van der Waals surface area contributed by atoms with Crippen molar-refractivity contribution in [3.05, 3.63) is 0 Å². The van der Waals surface area contributed by atoms with E-state index in [1.807, 2.05) is 6.92 Å². The molecule has 0 aliphatic carbocycles. The summed E-state index contributed by atoms with van der Waals surface area (Å²) in [6, 6.07) is -0.403. The number of unbranched alkanes of at least 4 members (excludes halogenated alkanes) is 1. The SMILES string of the molecule is CCCCC(C)NC(=O)NC(=O)C(C)Cl. The molecule has 0 aromatic heterocycles. The van der Waals surface area contributed by atoms with E-state index >= 15 is 0 Å². The highest BCUT2D eigenvalue weighted by atomic mass is 35.5. The molecule has 0 aliphatic heterocycles. The van der Waals surface area contributed by atoms with Crippen LogP contribution >= 0.6 is 11.6 Å². The van der Waals surface area contributed by atoms with Gasteiger partial charge in [-0.15, -0.1) is 11.6 Å². The van der Waals surface area contributed by atoms with Crippen LogP contribution in [0.1, 0.15) is 40.0 Å². The molecular formula is C10H19ClN2O2. The molecule has 0 heterocycles. The van der Waals surface area contributed by atoms with E-state index < -0.39 is 17.3 Å². The van der Waals surface area contributed by atoms with Gasteiger partial charge in [-0.3, -0.25) is 10.1 Å². The lowest BCUT2D eigenvalue weighted by Crippen LogP contribution is -2.45. The van der Waals surface area contributed by atoms with Crippen molar-refractivity contribution >= 4 is 23.5 Å². The lowest BCUT2D eigenvalue weighted by atomic mass is 10.1. The van der Waals surface area contributed by atoms with Gasteiger partial charge < -0.3 is 5.32 Å². The van der Waals surface area contributed by atoms with E-state index in [1.54, 1.807) is 0 Å². The molecule has 15 heavy (non-hydrogen) atoms. The van der Waals surface area contributed by atoms with Gasteiger partial charge in [0, 0.05) is 6.04 Å². The molecule has 3 amide bonds. The van der Waals surface area contributed by atoms with E-state index in [-0.39, 0.29) is 6.04 Å². The average Bonchev–Trinajstić information content (AvgIpc) is 2.14. The minimum atomic E-state index is -0.693. The van der Waals surface area contributed by atoms with Gasteiger partial charge in [0.25, 0.3) is 0 Å². The second-order valence-corrected chi connectivity index (χ2v) is 4.28. The first-order chi connectivity index (χ1) is 6.97. The Morgan fingerprint density at radius 2 is 1.93 bits per heavy atom. The summed E-state index contributed by atoms with van der Waals surface area (Å²) in [5.74, 6) is -0.475. The molecule has 88 valence electrons. The fourth-order valence-corrected chi connectivity index (χ4v) is 1.11. The predicted octanol–water partition coefficient (Wildman–Crippen LogP) is 2.02. The summed E-state index contributed by atoms with van der Waals surface area (Å²) in [4.78, 5) is 22.3. The van der Waals surface area contributed by atoms with E-state index in [2.05, 4.69) is 17.6 Å². The molecule has 0 bridgehead atoms.